The van der Waals surface area contributed by atoms with Gasteiger partial charge in [0.15, 0.2) is 0 Å². The number of hydrogen-bond donors (Lipinski definition) is 3. The Hall–Kier alpha value is -1.15. The molecule has 1 aromatic carbocycles. The summed E-state index contributed by atoms with van der Waals surface area (Å²) in [4.78, 5) is 11.2. The first-order valence-corrected chi connectivity index (χ1v) is 7.78. The van der Waals surface area contributed by atoms with Crippen LogP contribution in [-0.2, 0) is 21.2 Å². The molecule has 1 aromatic rings. The average Bonchev–Trinajstić information content (AvgIpc) is 2.65. The zero-order valence-electron chi connectivity index (χ0n) is 11.0. The molecule has 0 aromatic heterocycles. The molecule has 0 bridgehead atoms. The van der Waals surface area contributed by atoms with Crippen molar-refractivity contribution in [2.24, 2.45) is 0 Å². The predicted molar refractivity (Wildman–Crippen MR) is 75.3 cm³/mol. The van der Waals surface area contributed by atoms with Crippen LogP contribution in [0.2, 0.25) is 5.02 Å². The van der Waals surface area contributed by atoms with E-state index < -0.39 is 15.6 Å². The molecule has 0 spiro atoms. The fourth-order valence-electron chi connectivity index (χ4n) is 1.88. The second kappa shape index (κ2) is 5.00. The standard InChI is InChI=1S/C12H15ClN2O4S/c1-12(2,6-16)15-20(18,19)10-3-7-4-11(17)14-9(7)5-8(10)13/h3,5,15-16H,4,6H2,1-2H3,(H,14,17). The van der Waals surface area contributed by atoms with Gasteiger partial charge in [0.05, 0.1) is 23.6 Å². The van der Waals surface area contributed by atoms with Crippen LogP contribution in [-0.4, -0.2) is 31.6 Å². The third-order valence-electron chi connectivity index (χ3n) is 2.88. The molecule has 1 heterocycles. The minimum atomic E-state index is -3.88. The molecule has 0 radical (unpaired) electrons. The number of benzene rings is 1. The number of hydrogen-bond acceptors (Lipinski definition) is 4. The third-order valence-corrected chi connectivity index (χ3v) is 5.04. The van der Waals surface area contributed by atoms with Gasteiger partial charge in [-0.1, -0.05) is 11.6 Å². The maximum absolute atomic E-state index is 12.3. The normalized spacial score (nSPS) is 15.1. The molecule has 20 heavy (non-hydrogen) atoms. The van der Waals surface area contributed by atoms with Gasteiger partial charge < -0.3 is 10.4 Å². The number of carbonyl (C=O) groups is 1. The fraction of sp³-hybridized carbons (Fsp3) is 0.417. The Bertz CT molecular complexity index is 670. The van der Waals surface area contributed by atoms with Crippen molar-refractivity contribution < 1.29 is 18.3 Å². The molecule has 0 saturated heterocycles. The molecule has 0 aliphatic carbocycles. The lowest BCUT2D eigenvalue weighted by atomic mass is 10.1. The van der Waals surface area contributed by atoms with Crippen LogP contribution in [0.4, 0.5) is 5.69 Å². The van der Waals surface area contributed by atoms with E-state index in [0.717, 1.165) is 0 Å². The fourth-order valence-corrected chi connectivity index (χ4v) is 3.87. The Morgan fingerprint density at radius 1 is 1.45 bits per heavy atom. The van der Waals surface area contributed by atoms with Crippen molar-refractivity contribution in [1.82, 2.24) is 4.72 Å². The monoisotopic (exact) mass is 318 g/mol. The molecular formula is C12H15ClN2O4S. The Labute approximate surface area is 122 Å². The van der Waals surface area contributed by atoms with Crippen molar-refractivity contribution in [2.45, 2.75) is 30.7 Å². The van der Waals surface area contributed by atoms with E-state index in [1.807, 2.05) is 0 Å². The summed E-state index contributed by atoms with van der Waals surface area (Å²) in [5.41, 5.74) is 0.108. The number of sulfonamides is 1. The molecule has 0 saturated carbocycles. The van der Waals surface area contributed by atoms with E-state index in [0.29, 0.717) is 11.3 Å². The van der Waals surface area contributed by atoms with Crippen LogP contribution < -0.4 is 10.0 Å². The van der Waals surface area contributed by atoms with E-state index in [1.54, 1.807) is 13.8 Å². The van der Waals surface area contributed by atoms with Crippen molar-refractivity contribution in [3.63, 3.8) is 0 Å². The lowest BCUT2D eigenvalue weighted by Crippen LogP contribution is -2.46. The molecule has 0 fully saturated rings. The average molecular weight is 319 g/mol. The lowest BCUT2D eigenvalue weighted by Gasteiger charge is -2.23. The molecule has 6 nitrogen and oxygen atoms in total. The van der Waals surface area contributed by atoms with Crippen molar-refractivity contribution in [3.05, 3.63) is 22.7 Å². The van der Waals surface area contributed by atoms with E-state index in [4.69, 9.17) is 16.7 Å². The summed E-state index contributed by atoms with van der Waals surface area (Å²) < 4.78 is 27.0. The highest BCUT2D eigenvalue weighted by atomic mass is 35.5. The minimum absolute atomic E-state index is 0.0205. The van der Waals surface area contributed by atoms with Gasteiger partial charge in [-0.3, -0.25) is 4.79 Å². The number of anilines is 1. The first-order chi connectivity index (χ1) is 9.14. The van der Waals surface area contributed by atoms with E-state index in [2.05, 4.69) is 10.0 Å². The zero-order valence-corrected chi connectivity index (χ0v) is 12.6. The first kappa shape index (κ1) is 15.2. The summed E-state index contributed by atoms with van der Waals surface area (Å²) in [5.74, 6) is -0.200. The number of halogens is 1. The molecule has 0 unspecified atom stereocenters. The maximum Gasteiger partial charge on any atom is 0.242 e. The van der Waals surface area contributed by atoms with Gasteiger partial charge in [0.25, 0.3) is 0 Å². The highest BCUT2D eigenvalue weighted by Crippen LogP contribution is 2.32. The number of aliphatic hydroxyl groups is 1. The first-order valence-electron chi connectivity index (χ1n) is 5.92. The largest absolute Gasteiger partial charge is 0.394 e. The summed E-state index contributed by atoms with van der Waals surface area (Å²) in [6.07, 6.45) is 0.123. The number of amides is 1. The lowest BCUT2D eigenvalue weighted by molar-refractivity contribution is -0.115. The Morgan fingerprint density at radius 2 is 2.10 bits per heavy atom. The topological polar surface area (TPSA) is 95.5 Å². The minimum Gasteiger partial charge on any atom is -0.394 e. The van der Waals surface area contributed by atoms with Crippen molar-refractivity contribution >= 4 is 33.2 Å². The third kappa shape index (κ3) is 2.95. The van der Waals surface area contributed by atoms with Crippen LogP contribution >= 0.6 is 11.6 Å². The van der Waals surface area contributed by atoms with Gasteiger partial charge in [-0.05, 0) is 31.5 Å². The second-order valence-corrected chi connectivity index (χ2v) is 7.37. The van der Waals surface area contributed by atoms with Crippen molar-refractivity contribution in [1.29, 1.82) is 0 Å². The second-order valence-electron chi connectivity index (χ2n) is 5.31. The smallest absolute Gasteiger partial charge is 0.242 e. The van der Waals surface area contributed by atoms with Crippen molar-refractivity contribution in [2.75, 3.05) is 11.9 Å². The van der Waals surface area contributed by atoms with Crippen LogP contribution in [0.1, 0.15) is 19.4 Å². The molecule has 3 N–H and O–H groups in total. The number of aliphatic hydroxyl groups excluding tert-OH is 1. The molecule has 2 rings (SSSR count). The number of nitrogens with one attached hydrogen (secondary N) is 2. The number of fused-ring (bicyclic) bond motifs is 1. The highest BCUT2D eigenvalue weighted by molar-refractivity contribution is 7.89. The molecular weight excluding hydrogens is 304 g/mol. The Kier molecular flexibility index (Phi) is 3.81. The van der Waals surface area contributed by atoms with Crippen LogP contribution in [0, 0.1) is 0 Å². The van der Waals surface area contributed by atoms with Gasteiger partial charge in [-0.2, -0.15) is 0 Å². The van der Waals surface area contributed by atoms with E-state index in [-0.39, 0.29) is 28.9 Å². The van der Waals surface area contributed by atoms with Crippen LogP contribution in [0.5, 0.6) is 0 Å². The van der Waals surface area contributed by atoms with Gasteiger partial charge in [0, 0.05) is 5.69 Å². The predicted octanol–water partition coefficient (Wildman–Crippen LogP) is 0.884. The van der Waals surface area contributed by atoms with Gasteiger partial charge in [0.1, 0.15) is 4.90 Å². The molecule has 1 aliphatic rings. The highest BCUT2D eigenvalue weighted by Gasteiger charge is 2.29. The van der Waals surface area contributed by atoms with Crippen LogP contribution in [0.25, 0.3) is 0 Å². The summed E-state index contributed by atoms with van der Waals surface area (Å²) in [5, 5.41) is 11.8. The molecule has 1 amide bonds. The van der Waals surface area contributed by atoms with Crippen molar-refractivity contribution in [3.8, 4) is 0 Å². The molecule has 0 atom stereocenters. The number of rotatable bonds is 4. The SMILES string of the molecule is CC(C)(CO)NS(=O)(=O)c1cc2c(cc1Cl)NC(=O)C2. The van der Waals surface area contributed by atoms with E-state index >= 15 is 0 Å². The molecule has 1 aliphatic heterocycles. The van der Waals surface area contributed by atoms with Gasteiger partial charge in [-0.15, -0.1) is 0 Å². The summed E-state index contributed by atoms with van der Waals surface area (Å²) in [7, 11) is -3.88. The zero-order chi connectivity index (χ0) is 15.1. The van der Waals surface area contributed by atoms with Crippen LogP contribution in [0.3, 0.4) is 0 Å². The van der Waals surface area contributed by atoms with E-state index in [9.17, 15) is 13.2 Å². The van der Waals surface area contributed by atoms with Crippen LogP contribution in [0.15, 0.2) is 17.0 Å². The summed E-state index contributed by atoms with van der Waals surface area (Å²) >= 11 is 5.98. The van der Waals surface area contributed by atoms with Gasteiger partial charge >= 0.3 is 0 Å². The Balaban J connectivity index is 2.44. The quantitative estimate of drug-likeness (QED) is 0.768. The molecule has 110 valence electrons. The maximum atomic E-state index is 12.3. The summed E-state index contributed by atoms with van der Waals surface area (Å²) in [6, 6.07) is 2.80. The van der Waals surface area contributed by atoms with Gasteiger partial charge in [0.2, 0.25) is 15.9 Å². The van der Waals surface area contributed by atoms with Gasteiger partial charge in [-0.25, -0.2) is 13.1 Å². The summed E-state index contributed by atoms with van der Waals surface area (Å²) in [6.45, 7) is 2.75. The Morgan fingerprint density at radius 3 is 2.70 bits per heavy atom. The van der Waals surface area contributed by atoms with E-state index in [1.165, 1.54) is 12.1 Å². The number of carbonyl (C=O) groups excluding carboxylic acids is 1. The molecule has 8 heteroatoms.